The van der Waals surface area contributed by atoms with Crippen LogP contribution in [0, 0.1) is 6.92 Å². The van der Waals surface area contributed by atoms with E-state index in [4.69, 9.17) is 4.74 Å². The number of benzene rings is 1. The maximum Gasteiger partial charge on any atom is 0.387 e. The first-order valence-electron chi connectivity index (χ1n) is 8.60. The van der Waals surface area contributed by atoms with Crippen LogP contribution in [0.25, 0.3) is 11.0 Å². The zero-order valence-corrected chi connectivity index (χ0v) is 15.9. The molecule has 2 aromatic heterocycles. The van der Waals surface area contributed by atoms with Crippen LogP contribution in [0.4, 0.5) is 8.78 Å². The van der Waals surface area contributed by atoms with Crippen LogP contribution < -0.4 is 10.1 Å². The molecule has 0 fully saturated rings. The summed E-state index contributed by atoms with van der Waals surface area (Å²) in [6.45, 7) is -1.91. The second-order valence-electron chi connectivity index (χ2n) is 6.16. The second-order valence-corrected chi connectivity index (χ2v) is 6.16. The molecular weight excluding hydrogens is 402 g/mol. The number of carbonyl (C=O) groups excluding carboxylic acids is 3. The highest BCUT2D eigenvalue weighted by Crippen LogP contribution is 2.17. The molecule has 2 heterocycles. The molecule has 0 aliphatic heterocycles. The van der Waals surface area contributed by atoms with Crippen molar-refractivity contribution >= 4 is 28.8 Å². The van der Waals surface area contributed by atoms with Crippen molar-refractivity contribution in [1.82, 2.24) is 20.1 Å². The van der Waals surface area contributed by atoms with Gasteiger partial charge in [0.15, 0.2) is 12.3 Å². The zero-order chi connectivity index (χ0) is 21.8. The predicted octanol–water partition coefficient (Wildman–Crippen LogP) is 1.99. The summed E-state index contributed by atoms with van der Waals surface area (Å²) in [5.74, 6) is -2.55. The third-order valence-electron chi connectivity index (χ3n) is 4.03. The zero-order valence-electron chi connectivity index (χ0n) is 15.9. The Morgan fingerprint density at radius 3 is 2.53 bits per heavy atom. The molecule has 0 unspecified atom stereocenters. The smallest absolute Gasteiger partial charge is 0.387 e. The molecule has 0 aliphatic carbocycles. The van der Waals surface area contributed by atoms with Gasteiger partial charge in [0, 0.05) is 24.2 Å². The number of imide groups is 1. The van der Waals surface area contributed by atoms with E-state index in [1.165, 1.54) is 18.3 Å². The predicted molar refractivity (Wildman–Crippen MR) is 99.1 cm³/mol. The fraction of sp³-hybridized carbons (Fsp3) is 0.211. The van der Waals surface area contributed by atoms with Gasteiger partial charge < -0.3 is 9.47 Å². The second kappa shape index (κ2) is 8.64. The molecule has 0 atom stereocenters. The van der Waals surface area contributed by atoms with Crippen LogP contribution >= 0.6 is 0 Å². The number of ether oxygens (including phenoxy) is 2. The van der Waals surface area contributed by atoms with Gasteiger partial charge >= 0.3 is 12.6 Å². The van der Waals surface area contributed by atoms with Gasteiger partial charge in [0.1, 0.15) is 5.75 Å². The van der Waals surface area contributed by atoms with Crippen LogP contribution in [0.5, 0.6) is 5.75 Å². The molecule has 0 saturated heterocycles. The van der Waals surface area contributed by atoms with E-state index in [-0.39, 0.29) is 16.9 Å². The lowest BCUT2D eigenvalue weighted by Gasteiger charge is -2.07. The molecule has 0 spiro atoms. The SMILES string of the molecule is Cc1nn(C)c2ncc(C(=O)OCC(=O)NC(=O)c3ccc(OC(F)F)cc3)cc12. The summed E-state index contributed by atoms with van der Waals surface area (Å²) in [6, 6.07) is 6.30. The van der Waals surface area contributed by atoms with Crippen LogP contribution in [0.15, 0.2) is 36.5 Å². The number of fused-ring (bicyclic) bond motifs is 1. The molecule has 156 valence electrons. The van der Waals surface area contributed by atoms with E-state index in [0.717, 1.165) is 12.1 Å². The maximum atomic E-state index is 12.2. The topological polar surface area (TPSA) is 112 Å². The molecular formula is C19H16F2N4O5. The fourth-order valence-corrected chi connectivity index (χ4v) is 2.66. The molecule has 0 bridgehead atoms. The van der Waals surface area contributed by atoms with Crippen molar-refractivity contribution in [2.45, 2.75) is 13.5 Å². The summed E-state index contributed by atoms with van der Waals surface area (Å²) in [4.78, 5) is 40.2. The lowest BCUT2D eigenvalue weighted by atomic mass is 10.2. The number of aromatic nitrogens is 3. The normalized spacial score (nSPS) is 10.8. The van der Waals surface area contributed by atoms with Crippen molar-refractivity contribution in [2.75, 3.05) is 6.61 Å². The highest BCUT2D eigenvalue weighted by Gasteiger charge is 2.16. The van der Waals surface area contributed by atoms with Gasteiger partial charge in [-0.3, -0.25) is 19.6 Å². The highest BCUT2D eigenvalue weighted by atomic mass is 19.3. The van der Waals surface area contributed by atoms with E-state index in [0.29, 0.717) is 16.7 Å². The summed E-state index contributed by atoms with van der Waals surface area (Å²) in [5.41, 5.74) is 1.45. The largest absolute Gasteiger partial charge is 0.452 e. The number of pyridine rings is 1. The minimum absolute atomic E-state index is 0.0398. The minimum Gasteiger partial charge on any atom is -0.452 e. The quantitative estimate of drug-likeness (QED) is 0.609. The first-order chi connectivity index (χ1) is 14.2. The van der Waals surface area contributed by atoms with E-state index in [1.54, 1.807) is 24.7 Å². The number of esters is 1. The summed E-state index contributed by atoms with van der Waals surface area (Å²) in [7, 11) is 1.72. The van der Waals surface area contributed by atoms with Crippen LogP contribution in [0.1, 0.15) is 26.4 Å². The summed E-state index contributed by atoms with van der Waals surface area (Å²) < 4.78 is 34.9. The Bertz CT molecular complexity index is 1110. The average molecular weight is 418 g/mol. The van der Waals surface area contributed by atoms with Crippen molar-refractivity contribution < 1.29 is 32.6 Å². The Morgan fingerprint density at radius 2 is 1.87 bits per heavy atom. The number of carbonyl (C=O) groups is 3. The fourth-order valence-electron chi connectivity index (χ4n) is 2.66. The van der Waals surface area contributed by atoms with Crippen LogP contribution in [-0.4, -0.2) is 45.8 Å². The van der Waals surface area contributed by atoms with E-state index < -0.39 is 31.0 Å². The minimum atomic E-state index is -2.99. The number of halogens is 2. The Labute approximate surface area is 168 Å². The number of nitrogens with zero attached hydrogens (tertiary/aromatic N) is 3. The molecule has 0 saturated carbocycles. The molecule has 11 heteroatoms. The van der Waals surface area contributed by atoms with Crippen LogP contribution in [0.3, 0.4) is 0 Å². The van der Waals surface area contributed by atoms with E-state index in [2.05, 4.69) is 14.8 Å². The molecule has 30 heavy (non-hydrogen) atoms. The standard InChI is InChI=1S/C19H16F2N4O5/c1-10-14-7-12(8-22-16(14)25(2)24-10)18(28)29-9-15(26)23-17(27)11-3-5-13(6-4-11)30-19(20)21/h3-8,19H,9H2,1-2H3,(H,23,26,27). The number of hydrogen-bond donors (Lipinski definition) is 1. The number of aryl methyl sites for hydroxylation is 2. The molecule has 1 N–H and O–H groups in total. The van der Waals surface area contributed by atoms with E-state index >= 15 is 0 Å². The lowest BCUT2D eigenvalue weighted by molar-refractivity contribution is -0.123. The van der Waals surface area contributed by atoms with Crippen molar-refractivity contribution in [1.29, 1.82) is 0 Å². The summed E-state index contributed by atoms with van der Waals surface area (Å²) in [6.07, 6.45) is 1.30. The summed E-state index contributed by atoms with van der Waals surface area (Å²) in [5, 5.41) is 6.91. The van der Waals surface area contributed by atoms with E-state index in [1.807, 2.05) is 5.32 Å². The number of amides is 2. The van der Waals surface area contributed by atoms with Crippen molar-refractivity contribution in [3.05, 3.63) is 53.3 Å². The lowest BCUT2D eigenvalue weighted by Crippen LogP contribution is -2.34. The number of alkyl halides is 2. The van der Waals surface area contributed by atoms with Gasteiger partial charge in [0.25, 0.3) is 11.8 Å². The Balaban J connectivity index is 1.55. The first kappa shape index (κ1) is 20.8. The van der Waals surface area contributed by atoms with E-state index in [9.17, 15) is 23.2 Å². The molecule has 2 amide bonds. The van der Waals surface area contributed by atoms with Crippen molar-refractivity contribution in [3.63, 3.8) is 0 Å². The Morgan fingerprint density at radius 1 is 1.17 bits per heavy atom. The molecule has 1 aromatic carbocycles. The van der Waals surface area contributed by atoms with Crippen molar-refractivity contribution in [2.24, 2.45) is 7.05 Å². The van der Waals surface area contributed by atoms with Gasteiger partial charge in [-0.25, -0.2) is 9.78 Å². The number of rotatable bonds is 6. The van der Waals surface area contributed by atoms with Gasteiger partial charge in [0.2, 0.25) is 0 Å². The summed E-state index contributed by atoms with van der Waals surface area (Å²) >= 11 is 0. The average Bonchev–Trinajstić information content (AvgIpc) is 2.99. The van der Waals surface area contributed by atoms with Crippen LogP contribution in [0.2, 0.25) is 0 Å². The third kappa shape index (κ3) is 4.74. The highest BCUT2D eigenvalue weighted by molar-refractivity contribution is 6.05. The monoisotopic (exact) mass is 418 g/mol. The van der Waals surface area contributed by atoms with Gasteiger partial charge in [-0.2, -0.15) is 13.9 Å². The van der Waals surface area contributed by atoms with Crippen LogP contribution in [-0.2, 0) is 16.6 Å². The molecule has 9 nitrogen and oxygen atoms in total. The maximum absolute atomic E-state index is 12.2. The number of hydrogen-bond acceptors (Lipinski definition) is 7. The Kier molecular flexibility index (Phi) is 6.00. The number of nitrogens with one attached hydrogen (secondary N) is 1. The van der Waals surface area contributed by atoms with Gasteiger partial charge in [-0.15, -0.1) is 0 Å². The first-order valence-corrected chi connectivity index (χ1v) is 8.60. The molecule has 3 aromatic rings. The Hall–Kier alpha value is -3.89. The van der Waals surface area contributed by atoms with Gasteiger partial charge in [0.05, 0.1) is 11.3 Å². The third-order valence-corrected chi connectivity index (χ3v) is 4.03. The van der Waals surface area contributed by atoms with Gasteiger partial charge in [-0.05, 0) is 37.3 Å². The van der Waals surface area contributed by atoms with Crippen molar-refractivity contribution in [3.8, 4) is 5.75 Å². The van der Waals surface area contributed by atoms with Gasteiger partial charge in [-0.1, -0.05) is 0 Å². The molecule has 0 aliphatic rings. The molecule has 0 radical (unpaired) electrons. The molecule has 3 rings (SSSR count).